The van der Waals surface area contributed by atoms with Crippen LogP contribution in [0.15, 0.2) is 22.7 Å². The number of nitrogens with zero attached hydrogens (tertiary/aromatic N) is 1. The number of amides is 1. The number of nitrogens with one attached hydrogen (secondary N) is 1. The second-order valence-corrected chi connectivity index (χ2v) is 5.08. The van der Waals surface area contributed by atoms with Gasteiger partial charge in [0.05, 0.1) is 15.0 Å². The molecule has 0 heterocycles. The molecule has 0 saturated heterocycles. The molecule has 0 bridgehead atoms. The van der Waals surface area contributed by atoms with Crippen LogP contribution in [0.3, 0.4) is 0 Å². The molecule has 8 heteroatoms. The highest BCUT2D eigenvalue weighted by atomic mass is 79.9. The molecule has 1 rings (SSSR count). The minimum atomic E-state index is -0.792. The van der Waals surface area contributed by atoms with E-state index in [2.05, 4.69) is 21.2 Å². The molecular formula is C12H13BrN2O5. The molecule has 0 saturated carbocycles. The van der Waals surface area contributed by atoms with Crippen molar-refractivity contribution in [3.05, 3.63) is 38.3 Å². The van der Waals surface area contributed by atoms with Gasteiger partial charge in [0, 0.05) is 12.1 Å². The van der Waals surface area contributed by atoms with E-state index in [1.165, 1.54) is 12.1 Å². The lowest BCUT2D eigenvalue weighted by molar-refractivity contribution is -0.385. The molecule has 7 nitrogen and oxygen atoms in total. The SMILES string of the molecule is CC(C)NC(=O)COC(=O)c1ccc(Br)c([N+](=O)[O-])c1. The zero-order valence-electron chi connectivity index (χ0n) is 10.9. The van der Waals surface area contributed by atoms with Crippen molar-refractivity contribution in [3.63, 3.8) is 0 Å². The number of halogens is 1. The smallest absolute Gasteiger partial charge is 0.338 e. The number of esters is 1. The lowest BCUT2D eigenvalue weighted by Gasteiger charge is -2.08. The van der Waals surface area contributed by atoms with Crippen LogP contribution in [0.4, 0.5) is 5.69 Å². The molecule has 0 radical (unpaired) electrons. The van der Waals surface area contributed by atoms with Crippen molar-refractivity contribution >= 4 is 33.5 Å². The fraction of sp³-hybridized carbons (Fsp3) is 0.333. The number of ether oxygens (including phenoxy) is 1. The van der Waals surface area contributed by atoms with Crippen LogP contribution in [0, 0.1) is 10.1 Å². The van der Waals surface area contributed by atoms with Crippen molar-refractivity contribution in [2.24, 2.45) is 0 Å². The standard InChI is InChI=1S/C12H13BrN2O5/c1-7(2)14-11(16)6-20-12(17)8-3-4-9(13)10(5-8)15(18)19/h3-5,7H,6H2,1-2H3,(H,14,16). The Labute approximate surface area is 123 Å². The Hall–Kier alpha value is -1.96. The topological polar surface area (TPSA) is 98.5 Å². The highest BCUT2D eigenvalue weighted by Gasteiger charge is 2.17. The van der Waals surface area contributed by atoms with Gasteiger partial charge >= 0.3 is 5.97 Å². The lowest BCUT2D eigenvalue weighted by Crippen LogP contribution is -2.33. The molecule has 1 aromatic rings. The molecule has 0 aliphatic heterocycles. The second kappa shape index (κ2) is 6.99. The van der Waals surface area contributed by atoms with E-state index in [0.29, 0.717) is 0 Å². The van der Waals surface area contributed by atoms with Crippen molar-refractivity contribution in [2.75, 3.05) is 6.61 Å². The largest absolute Gasteiger partial charge is 0.452 e. The summed E-state index contributed by atoms with van der Waals surface area (Å²) < 4.78 is 5.04. The van der Waals surface area contributed by atoms with E-state index in [9.17, 15) is 19.7 Å². The zero-order valence-corrected chi connectivity index (χ0v) is 12.5. The zero-order chi connectivity index (χ0) is 15.3. The van der Waals surface area contributed by atoms with E-state index in [1.54, 1.807) is 13.8 Å². The maximum Gasteiger partial charge on any atom is 0.338 e. The van der Waals surface area contributed by atoms with Gasteiger partial charge in [-0.2, -0.15) is 0 Å². The Morgan fingerprint density at radius 3 is 2.65 bits per heavy atom. The van der Waals surface area contributed by atoms with Gasteiger partial charge in [-0.25, -0.2) is 4.79 Å². The van der Waals surface area contributed by atoms with Crippen LogP contribution in [0.5, 0.6) is 0 Å². The molecule has 0 spiro atoms. The number of hydrogen-bond donors (Lipinski definition) is 1. The van der Waals surface area contributed by atoms with Gasteiger partial charge in [0.1, 0.15) is 0 Å². The highest BCUT2D eigenvalue weighted by Crippen LogP contribution is 2.25. The fourth-order valence-electron chi connectivity index (χ4n) is 1.36. The van der Waals surface area contributed by atoms with Gasteiger partial charge < -0.3 is 10.1 Å². The molecule has 108 valence electrons. The number of carbonyl (C=O) groups excluding carboxylic acids is 2. The average molecular weight is 345 g/mol. The number of nitro benzene ring substituents is 1. The van der Waals surface area contributed by atoms with Crippen LogP contribution in [0.1, 0.15) is 24.2 Å². The summed E-state index contributed by atoms with van der Waals surface area (Å²) in [6.07, 6.45) is 0. The van der Waals surface area contributed by atoms with Crippen molar-refractivity contribution in [2.45, 2.75) is 19.9 Å². The number of benzene rings is 1. The number of rotatable bonds is 5. The fourth-order valence-corrected chi connectivity index (χ4v) is 1.75. The predicted octanol–water partition coefficient (Wildman–Crippen LogP) is 2.04. The van der Waals surface area contributed by atoms with E-state index in [-0.39, 0.29) is 21.8 Å². The molecule has 1 amide bonds. The second-order valence-electron chi connectivity index (χ2n) is 4.22. The molecule has 1 N–H and O–H groups in total. The molecular weight excluding hydrogens is 332 g/mol. The van der Waals surface area contributed by atoms with Crippen LogP contribution in [-0.4, -0.2) is 29.4 Å². The number of carbonyl (C=O) groups is 2. The van der Waals surface area contributed by atoms with Crippen LogP contribution < -0.4 is 5.32 Å². The minimum absolute atomic E-state index is 0.0113. The van der Waals surface area contributed by atoms with E-state index in [4.69, 9.17) is 4.74 Å². The predicted molar refractivity (Wildman–Crippen MR) is 74.4 cm³/mol. The van der Waals surface area contributed by atoms with Crippen LogP contribution in [-0.2, 0) is 9.53 Å². The van der Waals surface area contributed by atoms with Gasteiger partial charge in [-0.15, -0.1) is 0 Å². The third kappa shape index (κ3) is 4.61. The first-order valence-corrected chi connectivity index (χ1v) is 6.51. The molecule has 0 aromatic heterocycles. The summed E-state index contributed by atoms with van der Waals surface area (Å²) in [7, 11) is 0. The molecule has 20 heavy (non-hydrogen) atoms. The Bertz CT molecular complexity index is 545. The molecule has 0 unspecified atom stereocenters. The summed E-state index contributed by atoms with van der Waals surface area (Å²) in [5, 5.41) is 13.3. The third-order valence-electron chi connectivity index (χ3n) is 2.16. The van der Waals surface area contributed by atoms with Crippen molar-refractivity contribution in [1.29, 1.82) is 0 Å². The summed E-state index contributed by atoms with van der Waals surface area (Å²) in [5.74, 6) is -1.22. The summed E-state index contributed by atoms with van der Waals surface area (Å²) in [6, 6.07) is 3.78. The maximum atomic E-state index is 11.7. The molecule has 1 aromatic carbocycles. The quantitative estimate of drug-likeness (QED) is 0.500. The summed E-state index contributed by atoms with van der Waals surface area (Å²) in [6.45, 7) is 3.12. The number of nitro groups is 1. The monoisotopic (exact) mass is 344 g/mol. The lowest BCUT2D eigenvalue weighted by atomic mass is 10.2. The normalized spacial score (nSPS) is 10.2. The van der Waals surface area contributed by atoms with Crippen molar-refractivity contribution in [3.8, 4) is 0 Å². The first-order valence-electron chi connectivity index (χ1n) is 5.71. The van der Waals surface area contributed by atoms with E-state index in [0.717, 1.165) is 6.07 Å². The van der Waals surface area contributed by atoms with E-state index >= 15 is 0 Å². The molecule has 0 fully saturated rings. The van der Waals surface area contributed by atoms with Crippen LogP contribution in [0.2, 0.25) is 0 Å². The molecule has 0 aliphatic rings. The van der Waals surface area contributed by atoms with E-state index in [1.807, 2.05) is 0 Å². The Kier molecular flexibility index (Phi) is 5.63. The summed E-state index contributed by atoms with van der Waals surface area (Å²) in [5.41, 5.74) is -0.233. The average Bonchev–Trinajstić information content (AvgIpc) is 2.35. The van der Waals surface area contributed by atoms with Gasteiger partial charge in [0.15, 0.2) is 6.61 Å². The minimum Gasteiger partial charge on any atom is -0.452 e. The third-order valence-corrected chi connectivity index (χ3v) is 2.83. The van der Waals surface area contributed by atoms with Gasteiger partial charge in [0.2, 0.25) is 0 Å². The van der Waals surface area contributed by atoms with Gasteiger partial charge in [0.25, 0.3) is 11.6 Å². The highest BCUT2D eigenvalue weighted by molar-refractivity contribution is 9.10. The summed E-state index contributed by atoms with van der Waals surface area (Å²) >= 11 is 3.01. The first kappa shape index (κ1) is 16.1. The number of hydrogen-bond acceptors (Lipinski definition) is 5. The van der Waals surface area contributed by atoms with Crippen LogP contribution in [0.25, 0.3) is 0 Å². The van der Waals surface area contributed by atoms with Gasteiger partial charge in [-0.3, -0.25) is 14.9 Å². The van der Waals surface area contributed by atoms with Crippen molar-refractivity contribution in [1.82, 2.24) is 5.32 Å². The van der Waals surface area contributed by atoms with Crippen LogP contribution >= 0.6 is 15.9 Å². The molecule has 0 aliphatic carbocycles. The summed E-state index contributed by atoms with van der Waals surface area (Å²) in [4.78, 5) is 33.1. The first-order chi connectivity index (χ1) is 9.31. The van der Waals surface area contributed by atoms with E-state index < -0.39 is 23.4 Å². The van der Waals surface area contributed by atoms with Gasteiger partial charge in [-0.05, 0) is 41.9 Å². The Balaban J connectivity index is 2.71. The Morgan fingerprint density at radius 1 is 1.45 bits per heavy atom. The molecule has 0 atom stereocenters. The Morgan fingerprint density at radius 2 is 2.10 bits per heavy atom. The van der Waals surface area contributed by atoms with Gasteiger partial charge in [-0.1, -0.05) is 0 Å². The van der Waals surface area contributed by atoms with Crippen molar-refractivity contribution < 1.29 is 19.2 Å². The maximum absolute atomic E-state index is 11.7.